The number of hydrogen-bond donors (Lipinski definition) is 1. The fraction of sp³-hybridized carbons (Fsp3) is 0.923. The van der Waals surface area contributed by atoms with E-state index in [4.69, 9.17) is 12.2 Å². The summed E-state index contributed by atoms with van der Waals surface area (Å²) >= 11 is 9.84. The molecule has 0 bridgehead atoms. The number of hydrogen-bond acceptors (Lipinski definition) is 1. The van der Waals surface area contributed by atoms with E-state index in [1.807, 2.05) is 0 Å². The summed E-state index contributed by atoms with van der Waals surface area (Å²) in [5.74, 6) is 0. The van der Waals surface area contributed by atoms with Crippen molar-refractivity contribution >= 4 is 29.2 Å². The van der Waals surface area contributed by atoms with Crippen LogP contribution in [-0.4, -0.2) is 21.3 Å². The van der Waals surface area contributed by atoms with Crippen molar-refractivity contribution in [2.45, 2.75) is 76.3 Å². The van der Waals surface area contributed by atoms with E-state index in [1.54, 1.807) is 0 Å². The second-order valence-electron chi connectivity index (χ2n) is 5.27. The van der Waals surface area contributed by atoms with Crippen molar-refractivity contribution in [2.24, 2.45) is 0 Å². The summed E-state index contributed by atoms with van der Waals surface area (Å²) in [5.41, 5.74) is 0. The molecule has 0 aliphatic heterocycles. The molecule has 0 atom stereocenters. The predicted molar refractivity (Wildman–Crippen MR) is 77.2 cm³/mol. The van der Waals surface area contributed by atoms with Gasteiger partial charge in [-0.25, -0.2) is 0 Å². The Bertz CT molecular complexity index is 218. The van der Waals surface area contributed by atoms with E-state index in [0.717, 1.165) is 4.32 Å². The summed E-state index contributed by atoms with van der Waals surface area (Å²) in [7, 11) is 0. The summed E-state index contributed by atoms with van der Waals surface area (Å²) in [6, 6.07) is 1.39. The number of thiol groups is 1. The molecule has 0 radical (unpaired) electrons. The molecule has 2 aliphatic rings. The third-order valence-corrected chi connectivity index (χ3v) is 4.60. The van der Waals surface area contributed by atoms with E-state index in [9.17, 15) is 0 Å². The van der Waals surface area contributed by atoms with E-state index in [1.165, 1.54) is 64.2 Å². The van der Waals surface area contributed by atoms with Gasteiger partial charge in [-0.2, -0.15) is 0 Å². The quantitative estimate of drug-likeness (QED) is 0.442. The molecule has 2 fully saturated rings. The van der Waals surface area contributed by atoms with Crippen molar-refractivity contribution < 1.29 is 27.3 Å². The maximum absolute atomic E-state index is 5.37. The van der Waals surface area contributed by atoms with E-state index in [-0.39, 0.29) is 27.3 Å². The van der Waals surface area contributed by atoms with Gasteiger partial charge in [0, 0.05) is 12.1 Å². The summed E-state index contributed by atoms with van der Waals surface area (Å²) in [6.07, 6.45) is 13.7. The molecule has 0 unspecified atom stereocenters. The van der Waals surface area contributed by atoms with Crippen molar-refractivity contribution in [1.29, 1.82) is 0 Å². The van der Waals surface area contributed by atoms with Gasteiger partial charge in [-0.15, -0.1) is 12.6 Å². The van der Waals surface area contributed by atoms with E-state index < -0.39 is 0 Å². The first kappa shape index (κ1) is 16.2. The van der Waals surface area contributed by atoms with Crippen LogP contribution in [0.5, 0.6) is 0 Å². The van der Waals surface area contributed by atoms with Crippen LogP contribution in [0.25, 0.3) is 0 Å². The molecule has 0 aromatic carbocycles. The van der Waals surface area contributed by atoms with E-state index in [0.29, 0.717) is 12.1 Å². The minimum absolute atomic E-state index is 0. The third-order valence-electron chi connectivity index (χ3n) is 4.16. The largest absolute Gasteiger partial charge is 2.00 e. The molecule has 4 heteroatoms. The van der Waals surface area contributed by atoms with Crippen LogP contribution < -0.4 is 0 Å². The van der Waals surface area contributed by atoms with Crippen molar-refractivity contribution in [3.63, 3.8) is 0 Å². The maximum Gasteiger partial charge on any atom is 2.00 e. The van der Waals surface area contributed by atoms with Gasteiger partial charge < -0.3 is 4.90 Å². The topological polar surface area (TPSA) is 3.24 Å². The molecule has 2 aliphatic carbocycles. The van der Waals surface area contributed by atoms with Crippen LogP contribution in [0.15, 0.2) is 0 Å². The Labute approximate surface area is 137 Å². The standard InChI is InChI=1S/C13H23NS2.Cd/c15-13(16)14(11-7-3-1-4-8-11)12-9-5-2-6-10-12;/h11-12H,1-10H2,(H,15,16);/q;+2. The second kappa shape index (κ2) is 8.36. The molecular weight excluding hydrogens is 347 g/mol. The van der Waals surface area contributed by atoms with Gasteiger partial charge in [0.25, 0.3) is 0 Å². The van der Waals surface area contributed by atoms with Crippen molar-refractivity contribution in [2.75, 3.05) is 0 Å². The van der Waals surface area contributed by atoms with Crippen molar-refractivity contribution in [3.05, 3.63) is 0 Å². The average Bonchev–Trinajstić information content (AvgIpc) is 2.31. The molecule has 92 valence electrons. The maximum atomic E-state index is 5.37. The smallest absolute Gasteiger partial charge is 0.352 e. The Morgan fingerprint density at radius 3 is 1.47 bits per heavy atom. The van der Waals surface area contributed by atoms with Crippen LogP contribution >= 0.6 is 24.8 Å². The molecule has 0 N–H and O–H groups in total. The molecular formula is C13H23CdNS2+2. The molecule has 1 nitrogen and oxygen atoms in total. The van der Waals surface area contributed by atoms with E-state index >= 15 is 0 Å². The van der Waals surface area contributed by atoms with Gasteiger partial charge in [0.05, 0.1) is 0 Å². The van der Waals surface area contributed by atoms with Gasteiger partial charge in [0.15, 0.2) is 0 Å². The molecule has 0 aromatic heterocycles. The summed E-state index contributed by atoms with van der Waals surface area (Å²) in [6.45, 7) is 0. The SMILES string of the molecule is S=C(S)N(C1CCCCC1)C1CCCCC1.[Cd+2]. The van der Waals surface area contributed by atoms with Gasteiger partial charge in [0.1, 0.15) is 4.32 Å². The summed E-state index contributed by atoms with van der Waals surface area (Å²) < 4.78 is 0.846. The zero-order valence-electron chi connectivity index (χ0n) is 10.7. The first-order valence-corrected chi connectivity index (χ1v) is 7.66. The molecule has 0 saturated heterocycles. The minimum Gasteiger partial charge on any atom is -0.352 e. The predicted octanol–water partition coefficient (Wildman–Crippen LogP) is 4.17. The Morgan fingerprint density at radius 2 is 1.18 bits per heavy atom. The second-order valence-corrected chi connectivity index (χ2v) is 6.39. The van der Waals surface area contributed by atoms with Crippen molar-refractivity contribution in [1.82, 2.24) is 4.90 Å². The van der Waals surface area contributed by atoms with Gasteiger partial charge in [-0.05, 0) is 25.7 Å². The van der Waals surface area contributed by atoms with Gasteiger partial charge in [-0.3, -0.25) is 0 Å². The fourth-order valence-corrected chi connectivity index (χ4v) is 3.95. The van der Waals surface area contributed by atoms with Crippen LogP contribution in [0.4, 0.5) is 0 Å². The third kappa shape index (κ3) is 4.64. The summed E-state index contributed by atoms with van der Waals surface area (Å²) in [5, 5.41) is 0. The molecule has 0 amide bonds. The first-order valence-electron chi connectivity index (χ1n) is 6.80. The Morgan fingerprint density at radius 1 is 0.824 bits per heavy atom. The number of thiocarbonyl (C=S) groups is 1. The van der Waals surface area contributed by atoms with Crippen LogP contribution in [0.2, 0.25) is 0 Å². The monoisotopic (exact) mass is 371 g/mol. The Hall–Kier alpha value is 1.16. The Kier molecular flexibility index (Phi) is 7.97. The van der Waals surface area contributed by atoms with Gasteiger partial charge in [0.2, 0.25) is 0 Å². The fourth-order valence-electron chi connectivity index (χ4n) is 3.33. The zero-order valence-corrected chi connectivity index (χ0v) is 16.5. The van der Waals surface area contributed by atoms with Gasteiger partial charge in [-0.1, -0.05) is 50.7 Å². The molecule has 2 rings (SSSR count). The number of rotatable bonds is 2. The molecule has 0 heterocycles. The van der Waals surface area contributed by atoms with Crippen LogP contribution in [0.1, 0.15) is 64.2 Å². The van der Waals surface area contributed by atoms with Gasteiger partial charge >= 0.3 is 27.3 Å². The average molecular weight is 370 g/mol. The summed E-state index contributed by atoms with van der Waals surface area (Å²) in [4.78, 5) is 2.48. The van der Waals surface area contributed by atoms with Crippen LogP contribution in [0.3, 0.4) is 0 Å². The normalized spacial score (nSPS) is 22.9. The zero-order chi connectivity index (χ0) is 11.4. The molecule has 0 spiro atoms. The van der Waals surface area contributed by atoms with Crippen LogP contribution in [0, 0.1) is 0 Å². The molecule has 0 aromatic rings. The van der Waals surface area contributed by atoms with Crippen molar-refractivity contribution in [3.8, 4) is 0 Å². The minimum atomic E-state index is 0. The Balaban J connectivity index is 0.00000144. The number of nitrogens with zero attached hydrogens (tertiary/aromatic N) is 1. The van der Waals surface area contributed by atoms with Crippen LogP contribution in [-0.2, 0) is 27.3 Å². The first-order chi connectivity index (χ1) is 7.79. The van der Waals surface area contributed by atoms with E-state index in [2.05, 4.69) is 17.5 Å². The molecule has 2 saturated carbocycles. The molecule has 17 heavy (non-hydrogen) atoms.